The maximum atomic E-state index is 11.1. The molecule has 2 aromatic rings. The van der Waals surface area contributed by atoms with E-state index < -0.39 is 11.2 Å². The molecular formula is C12H9NO3. The Morgan fingerprint density at radius 1 is 1.38 bits per heavy atom. The summed E-state index contributed by atoms with van der Waals surface area (Å²) in [6.07, 6.45) is 7.79. The van der Waals surface area contributed by atoms with Gasteiger partial charge in [0, 0.05) is 18.5 Å². The molecule has 0 aliphatic rings. The Hall–Kier alpha value is -2.36. The fraction of sp³-hybridized carbons (Fsp3) is 0. The van der Waals surface area contributed by atoms with Gasteiger partial charge in [0.05, 0.1) is 0 Å². The van der Waals surface area contributed by atoms with Crippen molar-refractivity contribution in [1.82, 2.24) is 4.98 Å². The molecule has 4 nitrogen and oxygen atoms in total. The van der Waals surface area contributed by atoms with Gasteiger partial charge in [-0.15, -0.1) is 0 Å². The van der Waals surface area contributed by atoms with Gasteiger partial charge in [0.2, 0.25) is 5.43 Å². The minimum Gasteiger partial charge on any atom is -0.502 e. The van der Waals surface area contributed by atoms with Gasteiger partial charge < -0.3 is 9.52 Å². The summed E-state index contributed by atoms with van der Waals surface area (Å²) in [5, 5.41) is 8.99. The molecular weight excluding hydrogens is 206 g/mol. The van der Waals surface area contributed by atoms with Crippen LogP contribution in [0.25, 0.3) is 12.2 Å². The van der Waals surface area contributed by atoms with Crippen LogP contribution in [0.3, 0.4) is 0 Å². The van der Waals surface area contributed by atoms with Gasteiger partial charge in [-0.3, -0.25) is 9.78 Å². The first-order valence-electron chi connectivity index (χ1n) is 4.65. The van der Waals surface area contributed by atoms with Crippen molar-refractivity contribution in [2.45, 2.75) is 0 Å². The Morgan fingerprint density at radius 3 is 2.94 bits per heavy atom. The lowest BCUT2D eigenvalue weighted by Crippen LogP contribution is -1.97. The summed E-state index contributed by atoms with van der Waals surface area (Å²) in [5.41, 5.74) is 0.440. The average Bonchev–Trinajstić information content (AvgIpc) is 2.32. The maximum Gasteiger partial charge on any atom is 0.227 e. The SMILES string of the molecule is O=c1cc(/C=C/c2cccnc2)occ1O. The molecule has 0 spiro atoms. The van der Waals surface area contributed by atoms with Crippen molar-refractivity contribution in [3.8, 4) is 5.75 Å². The van der Waals surface area contributed by atoms with E-state index in [4.69, 9.17) is 9.52 Å². The lowest BCUT2D eigenvalue weighted by Gasteiger charge is -1.93. The molecule has 0 aliphatic heterocycles. The van der Waals surface area contributed by atoms with Crippen LogP contribution < -0.4 is 5.43 Å². The smallest absolute Gasteiger partial charge is 0.227 e. The third-order valence-corrected chi connectivity index (χ3v) is 1.96. The quantitative estimate of drug-likeness (QED) is 0.831. The largest absolute Gasteiger partial charge is 0.502 e. The summed E-state index contributed by atoms with van der Waals surface area (Å²) >= 11 is 0. The van der Waals surface area contributed by atoms with Gasteiger partial charge in [0.25, 0.3) is 0 Å². The number of pyridine rings is 1. The van der Waals surface area contributed by atoms with Gasteiger partial charge in [0.15, 0.2) is 5.75 Å². The molecule has 0 saturated carbocycles. The van der Waals surface area contributed by atoms with Crippen molar-refractivity contribution in [2.75, 3.05) is 0 Å². The van der Waals surface area contributed by atoms with Gasteiger partial charge in [-0.2, -0.15) is 0 Å². The Kier molecular flexibility index (Phi) is 2.82. The highest BCUT2D eigenvalue weighted by Gasteiger charge is 1.97. The van der Waals surface area contributed by atoms with Crippen LogP contribution in [0.5, 0.6) is 5.75 Å². The molecule has 0 amide bonds. The second kappa shape index (κ2) is 4.44. The molecule has 0 unspecified atom stereocenters. The van der Waals surface area contributed by atoms with Crippen molar-refractivity contribution in [3.05, 3.63) is 58.4 Å². The van der Waals surface area contributed by atoms with Crippen LogP contribution in [0.2, 0.25) is 0 Å². The van der Waals surface area contributed by atoms with Crippen LogP contribution >= 0.6 is 0 Å². The second-order valence-electron chi connectivity index (χ2n) is 3.15. The Labute approximate surface area is 91.5 Å². The summed E-state index contributed by atoms with van der Waals surface area (Å²) in [6, 6.07) is 4.91. The predicted octanol–water partition coefficient (Wildman–Crippen LogP) is 1.91. The van der Waals surface area contributed by atoms with Gasteiger partial charge in [0.1, 0.15) is 12.0 Å². The van der Waals surface area contributed by atoms with E-state index in [9.17, 15) is 4.79 Å². The summed E-state index contributed by atoms with van der Waals surface area (Å²) in [4.78, 5) is 15.0. The summed E-state index contributed by atoms with van der Waals surface area (Å²) in [5.74, 6) is -0.00909. The molecule has 0 saturated heterocycles. The maximum absolute atomic E-state index is 11.1. The van der Waals surface area contributed by atoms with Crippen LogP contribution in [-0.4, -0.2) is 10.1 Å². The third-order valence-electron chi connectivity index (χ3n) is 1.96. The highest BCUT2D eigenvalue weighted by Crippen LogP contribution is 2.08. The van der Waals surface area contributed by atoms with Crippen LogP contribution in [0.15, 0.2) is 46.1 Å². The van der Waals surface area contributed by atoms with E-state index in [2.05, 4.69) is 4.98 Å². The highest BCUT2D eigenvalue weighted by atomic mass is 16.3. The zero-order chi connectivity index (χ0) is 11.4. The molecule has 0 atom stereocenters. The number of aromatic nitrogens is 1. The molecule has 4 heteroatoms. The second-order valence-corrected chi connectivity index (χ2v) is 3.15. The van der Waals surface area contributed by atoms with Crippen LogP contribution in [0, 0.1) is 0 Å². The molecule has 16 heavy (non-hydrogen) atoms. The minimum atomic E-state index is -0.461. The fourth-order valence-corrected chi connectivity index (χ4v) is 1.16. The summed E-state index contributed by atoms with van der Waals surface area (Å²) < 4.78 is 5.00. The summed E-state index contributed by atoms with van der Waals surface area (Å²) in [6.45, 7) is 0. The van der Waals surface area contributed by atoms with E-state index in [0.717, 1.165) is 11.8 Å². The van der Waals surface area contributed by atoms with E-state index >= 15 is 0 Å². The highest BCUT2D eigenvalue weighted by molar-refractivity contribution is 5.66. The van der Waals surface area contributed by atoms with E-state index in [1.807, 2.05) is 12.1 Å². The van der Waals surface area contributed by atoms with Crippen molar-refractivity contribution >= 4 is 12.2 Å². The molecule has 2 heterocycles. The lowest BCUT2D eigenvalue weighted by atomic mass is 10.2. The molecule has 0 aromatic carbocycles. The number of hydrogen-bond acceptors (Lipinski definition) is 4. The molecule has 0 radical (unpaired) electrons. The van der Waals surface area contributed by atoms with Crippen molar-refractivity contribution in [1.29, 1.82) is 0 Å². The zero-order valence-electron chi connectivity index (χ0n) is 8.33. The molecule has 0 bridgehead atoms. The van der Waals surface area contributed by atoms with Gasteiger partial charge in [-0.25, -0.2) is 0 Å². The number of hydrogen-bond donors (Lipinski definition) is 1. The Bertz CT molecular complexity index is 558. The number of nitrogens with zero attached hydrogens (tertiary/aromatic N) is 1. The van der Waals surface area contributed by atoms with E-state index in [1.165, 1.54) is 6.07 Å². The van der Waals surface area contributed by atoms with Crippen LogP contribution in [-0.2, 0) is 0 Å². The van der Waals surface area contributed by atoms with Crippen molar-refractivity contribution < 1.29 is 9.52 Å². The molecule has 2 rings (SSSR count). The van der Waals surface area contributed by atoms with Crippen LogP contribution in [0.4, 0.5) is 0 Å². The third kappa shape index (κ3) is 2.36. The first-order chi connectivity index (χ1) is 7.75. The fourth-order valence-electron chi connectivity index (χ4n) is 1.16. The Morgan fingerprint density at radius 2 is 2.25 bits per heavy atom. The van der Waals surface area contributed by atoms with Gasteiger partial charge in [-0.05, 0) is 23.8 Å². The number of rotatable bonds is 2. The van der Waals surface area contributed by atoms with Crippen LogP contribution in [0.1, 0.15) is 11.3 Å². The van der Waals surface area contributed by atoms with Gasteiger partial charge >= 0.3 is 0 Å². The molecule has 0 aliphatic carbocycles. The predicted molar refractivity (Wildman–Crippen MR) is 59.8 cm³/mol. The monoisotopic (exact) mass is 215 g/mol. The van der Waals surface area contributed by atoms with E-state index in [-0.39, 0.29) is 0 Å². The van der Waals surface area contributed by atoms with Crippen molar-refractivity contribution in [2.24, 2.45) is 0 Å². The van der Waals surface area contributed by atoms with E-state index in [0.29, 0.717) is 5.76 Å². The molecule has 0 fully saturated rings. The summed E-state index contributed by atoms with van der Waals surface area (Å²) in [7, 11) is 0. The van der Waals surface area contributed by atoms with Crippen molar-refractivity contribution in [3.63, 3.8) is 0 Å². The topological polar surface area (TPSA) is 63.3 Å². The first kappa shape index (κ1) is 10.2. The van der Waals surface area contributed by atoms with Gasteiger partial charge in [-0.1, -0.05) is 6.07 Å². The molecule has 80 valence electrons. The molecule has 1 N–H and O–H groups in total. The Balaban J connectivity index is 2.24. The normalized spacial score (nSPS) is 10.8. The first-order valence-corrected chi connectivity index (χ1v) is 4.65. The standard InChI is InChI=1S/C12H9NO3/c14-11-6-10(16-8-12(11)15)4-3-9-2-1-5-13-7-9/h1-8,15H/b4-3+. The average molecular weight is 215 g/mol. The minimum absolute atomic E-state index is 0.381. The van der Waals surface area contributed by atoms with E-state index in [1.54, 1.807) is 24.5 Å². The molecule has 2 aromatic heterocycles. The lowest BCUT2D eigenvalue weighted by molar-refractivity contribution is 0.427. The number of aromatic hydroxyl groups is 1. The zero-order valence-corrected chi connectivity index (χ0v) is 8.33.